The first-order valence-electron chi connectivity index (χ1n) is 9.38. The molecule has 0 spiro atoms. The monoisotopic (exact) mass is 373 g/mol. The van der Waals surface area contributed by atoms with Gasteiger partial charge in [0.05, 0.1) is 18.4 Å². The number of aryl methyl sites for hydroxylation is 1. The molecule has 5 heteroatoms. The number of anilines is 2. The zero-order valence-corrected chi connectivity index (χ0v) is 16.1. The molecule has 0 aliphatic carbocycles. The first-order chi connectivity index (χ1) is 13.6. The summed E-state index contributed by atoms with van der Waals surface area (Å²) in [4.78, 5) is 19.2. The molecule has 4 rings (SSSR count). The fraction of sp³-hybridized carbons (Fsp3) is 0.217. The molecule has 1 N–H and O–H groups in total. The van der Waals surface area contributed by atoms with Gasteiger partial charge in [0.15, 0.2) is 0 Å². The number of benzene rings is 2. The summed E-state index contributed by atoms with van der Waals surface area (Å²) in [7, 11) is 1.64. The quantitative estimate of drug-likeness (QED) is 0.739. The van der Waals surface area contributed by atoms with E-state index in [1.807, 2.05) is 48.2 Å². The molecule has 2 aromatic carbocycles. The fourth-order valence-electron chi connectivity index (χ4n) is 3.50. The van der Waals surface area contributed by atoms with Gasteiger partial charge >= 0.3 is 0 Å². The largest absolute Gasteiger partial charge is 0.495 e. The highest BCUT2D eigenvalue weighted by Gasteiger charge is 2.21. The van der Waals surface area contributed by atoms with E-state index in [1.165, 1.54) is 11.1 Å². The number of hydrogen-bond donors (Lipinski definition) is 1. The molecule has 1 aliphatic rings. The number of hydrogen-bond acceptors (Lipinski definition) is 4. The highest BCUT2D eigenvalue weighted by atomic mass is 16.5. The maximum Gasteiger partial charge on any atom is 0.255 e. The zero-order valence-electron chi connectivity index (χ0n) is 16.1. The van der Waals surface area contributed by atoms with Crippen molar-refractivity contribution in [1.29, 1.82) is 0 Å². The van der Waals surface area contributed by atoms with Crippen molar-refractivity contribution in [2.75, 3.05) is 19.0 Å². The number of ether oxygens (including phenoxy) is 1. The number of amides is 1. The molecule has 28 heavy (non-hydrogen) atoms. The van der Waals surface area contributed by atoms with Gasteiger partial charge in [0.1, 0.15) is 11.6 Å². The van der Waals surface area contributed by atoms with Gasteiger partial charge < -0.3 is 15.0 Å². The minimum absolute atomic E-state index is 0.0155. The Labute approximate surface area is 165 Å². The van der Waals surface area contributed by atoms with Crippen molar-refractivity contribution >= 4 is 17.4 Å². The van der Waals surface area contributed by atoms with E-state index in [0.717, 1.165) is 30.0 Å². The summed E-state index contributed by atoms with van der Waals surface area (Å²) in [5, 5.41) is 3.26. The Balaban J connectivity index is 1.48. The van der Waals surface area contributed by atoms with Gasteiger partial charge in [0.2, 0.25) is 0 Å². The Kier molecular flexibility index (Phi) is 4.98. The first-order valence-corrected chi connectivity index (χ1v) is 9.38. The highest BCUT2D eigenvalue weighted by Crippen LogP contribution is 2.28. The van der Waals surface area contributed by atoms with Gasteiger partial charge in [-0.3, -0.25) is 4.79 Å². The summed E-state index contributed by atoms with van der Waals surface area (Å²) in [5.41, 5.74) is 5.12. The van der Waals surface area contributed by atoms with Crippen molar-refractivity contribution < 1.29 is 9.53 Å². The van der Waals surface area contributed by atoms with E-state index in [1.54, 1.807) is 13.3 Å². The number of pyridine rings is 1. The number of methoxy groups -OCH3 is 1. The van der Waals surface area contributed by atoms with Gasteiger partial charge in [0, 0.05) is 19.3 Å². The third-order valence-corrected chi connectivity index (χ3v) is 5.05. The topological polar surface area (TPSA) is 54.5 Å². The lowest BCUT2D eigenvalue weighted by Gasteiger charge is -2.28. The van der Waals surface area contributed by atoms with Crippen LogP contribution in [0.1, 0.15) is 27.0 Å². The lowest BCUT2D eigenvalue weighted by molar-refractivity contribution is 0.0734. The summed E-state index contributed by atoms with van der Waals surface area (Å²) in [5.74, 6) is 1.44. The number of carbonyl (C=O) groups excluding carboxylic acids is 1. The second kappa shape index (κ2) is 7.72. The number of nitrogens with one attached hydrogen (secondary N) is 1. The molecular formula is C23H23N3O2. The van der Waals surface area contributed by atoms with E-state index >= 15 is 0 Å². The van der Waals surface area contributed by atoms with Gasteiger partial charge in [-0.2, -0.15) is 0 Å². The molecule has 0 atom stereocenters. The van der Waals surface area contributed by atoms with Crippen molar-refractivity contribution in [3.8, 4) is 5.75 Å². The van der Waals surface area contributed by atoms with Crippen LogP contribution in [-0.4, -0.2) is 29.4 Å². The molecule has 0 fully saturated rings. The van der Waals surface area contributed by atoms with Crippen LogP contribution in [0.4, 0.5) is 11.5 Å². The molecule has 0 radical (unpaired) electrons. The molecule has 2 heterocycles. The molecule has 0 unspecified atom stereocenters. The predicted molar refractivity (Wildman–Crippen MR) is 110 cm³/mol. The minimum Gasteiger partial charge on any atom is -0.495 e. The molecule has 3 aromatic rings. The lowest BCUT2D eigenvalue weighted by atomic mass is 9.99. The smallest absolute Gasteiger partial charge is 0.255 e. The molecule has 1 amide bonds. The van der Waals surface area contributed by atoms with Crippen LogP contribution in [0.2, 0.25) is 0 Å². The van der Waals surface area contributed by atoms with E-state index < -0.39 is 0 Å². The average molecular weight is 373 g/mol. The molecule has 1 aromatic heterocycles. The summed E-state index contributed by atoms with van der Waals surface area (Å²) >= 11 is 0. The van der Waals surface area contributed by atoms with E-state index in [9.17, 15) is 4.79 Å². The van der Waals surface area contributed by atoms with Crippen molar-refractivity contribution in [2.24, 2.45) is 0 Å². The number of rotatable bonds is 4. The normalized spacial score (nSPS) is 13.0. The number of aromatic nitrogens is 1. The van der Waals surface area contributed by atoms with E-state index in [4.69, 9.17) is 4.74 Å². The van der Waals surface area contributed by atoms with Gasteiger partial charge in [-0.25, -0.2) is 4.98 Å². The molecule has 0 saturated carbocycles. The minimum atomic E-state index is 0.0155. The molecule has 0 saturated heterocycles. The van der Waals surface area contributed by atoms with Crippen LogP contribution in [0.25, 0.3) is 0 Å². The van der Waals surface area contributed by atoms with Crippen LogP contribution in [0, 0.1) is 6.92 Å². The molecule has 142 valence electrons. The van der Waals surface area contributed by atoms with Crippen LogP contribution in [0.15, 0.2) is 60.8 Å². The van der Waals surface area contributed by atoms with E-state index in [0.29, 0.717) is 17.9 Å². The van der Waals surface area contributed by atoms with E-state index in [2.05, 4.69) is 28.5 Å². The predicted octanol–water partition coefficient (Wildman–Crippen LogP) is 4.34. The SMILES string of the molecule is COc1ccc(C)cc1Nc1ccc(C(=O)N2CCc3ccccc3C2)cn1. The van der Waals surface area contributed by atoms with Crippen LogP contribution >= 0.6 is 0 Å². The van der Waals surface area contributed by atoms with Crippen LogP contribution in [0.3, 0.4) is 0 Å². The van der Waals surface area contributed by atoms with Gasteiger partial charge in [-0.1, -0.05) is 30.3 Å². The van der Waals surface area contributed by atoms with Crippen molar-refractivity contribution in [3.05, 3.63) is 83.0 Å². The third kappa shape index (κ3) is 3.69. The van der Waals surface area contributed by atoms with Crippen LogP contribution in [0.5, 0.6) is 5.75 Å². The zero-order chi connectivity index (χ0) is 19.5. The van der Waals surface area contributed by atoms with Gasteiger partial charge in [-0.05, 0) is 54.3 Å². The summed E-state index contributed by atoms with van der Waals surface area (Å²) in [6.07, 6.45) is 2.52. The Hall–Kier alpha value is -3.34. The second-order valence-electron chi connectivity index (χ2n) is 7.01. The Morgan fingerprint density at radius 3 is 2.68 bits per heavy atom. The Morgan fingerprint density at radius 2 is 1.93 bits per heavy atom. The molecule has 1 aliphatic heterocycles. The van der Waals surface area contributed by atoms with Crippen molar-refractivity contribution in [1.82, 2.24) is 9.88 Å². The maximum atomic E-state index is 12.9. The van der Waals surface area contributed by atoms with Crippen LogP contribution in [-0.2, 0) is 13.0 Å². The maximum absolute atomic E-state index is 12.9. The Bertz CT molecular complexity index is 999. The van der Waals surface area contributed by atoms with E-state index in [-0.39, 0.29) is 5.91 Å². The standard InChI is InChI=1S/C23H23N3O2/c1-16-7-9-21(28-2)20(13-16)25-22-10-8-18(14-24-22)23(27)26-12-11-17-5-3-4-6-19(17)15-26/h3-10,13-14H,11-12,15H2,1-2H3,(H,24,25). The number of fused-ring (bicyclic) bond motifs is 1. The first kappa shape index (κ1) is 18.0. The van der Waals surface area contributed by atoms with Crippen molar-refractivity contribution in [2.45, 2.75) is 19.9 Å². The molecule has 0 bridgehead atoms. The number of carbonyl (C=O) groups is 1. The summed E-state index contributed by atoms with van der Waals surface area (Å²) in [6, 6.07) is 17.9. The van der Waals surface area contributed by atoms with Gasteiger partial charge in [-0.15, -0.1) is 0 Å². The summed E-state index contributed by atoms with van der Waals surface area (Å²) < 4.78 is 5.39. The average Bonchev–Trinajstić information content (AvgIpc) is 2.73. The second-order valence-corrected chi connectivity index (χ2v) is 7.01. The van der Waals surface area contributed by atoms with Crippen LogP contribution < -0.4 is 10.1 Å². The summed E-state index contributed by atoms with van der Waals surface area (Å²) in [6.45, 7) is 3.41. The molecular weight excluding hydrogens is 350 g/mol. The number of nitrogens with zero attached hydrogens (tertiary/aromatic N) is 2. The fourth-order valence-corrected chi connectivity index (χ4v) is 3.50. The molecule has 5 nitrogen and oxygen atoms in total. The Morgan fingerprint density at radius 1 is 1.11 bits per heavy atom. The highest BCUT2D eigenvalue weighted by molar-refractivity contribution is 5.94. The van der Waals surface area contributed by atoms with Crippen molar-refractivity contribution in [3.63, 3.8) is 0 Å². The lowest BCUT2D eigenvalue weighted by Crippen LogP contribution is -2.35. The van der Waals surface area contributed by atoms with Gasteiger partial charge in [0.25, 0.3) is 5.91 Å². The third-order valence-electron chi connectivity index (χ3n) is 5.05.